The quantitative estimate of drug-likeness (QED) is 0.432. The van der Waals surface area contributed by atoms with Crippen LogP contribution in [0.25, 0.3) is 0 Å². The zero-order valence-corrected chi connectivity index (χ0v) is 18.3. The van der Waals surface area contributed by atoms with Gasteiger partial charge in [-0.15, -0.1) is 0 Å². The van der Waals surface area contributed by atoms with Gasteiger partial charge in [0, 0.05) is 19.3 Å². The van der Waals surface area contributed by atoms with E-state index in [4.69, 9.17) is 4.74 Å². The van der Waals surface area contributed by atoms with Gasteiger partial charge in [-0.25, -0.2) is 0 Å². The first kappa shape index (κ1) is 20.4. The zero-order valence-electron chi connectivity index (χ0n) is 18.3. The molecule has 3 heteroatoms. The van der Waals surface area contributed by atoms with Crippen molar-refractivity contribution in [1.82, 2.24) is 0 Å². The molecule has 158 valence electrons. The molecule has 4 saturated carbocycles. The maximum absolute atomic E-state index is 12.3. The molecule has 0 aromatic heterocycles. The maximum Gasteiger partial charge on any atom is 0.305 e. The Kier molecular flexibility index (Phi) is 5.66. The highest BCUT2D eigenvalue weighted by Crippen LogP contribution is 2.67. The monoisotopic (exact) mass is 388 g/mol. The minimum atomic E-state index is -0.0759. The van der Waals surface area contributed by atoms with Gasteiger partial charge in [-0.2, -0.15) is 0 Å². The van der Waals surface area contributed by atoms with E-state index in [9.17, 15) is 9.59 Å². The van der Waals surface area contributed by atoms with Crippen LogP contribution in [0, 0.1) is 40.4 Å². The topological polar surface area (TPSA) is 43.4 Å². The number of hydrogen-bond acceptors (Lipinski definition) is 3. The van der Waals surface area contributed by atoms with Crippen molar-refractivity contribution in [3.05, 3.63) is 0 Å². The molecule has 0 bridgehead atoms. The fourth-order valence-electron chi connectivity index (χ4n) is 8.14. The Morgan fingerprint density at radius 2 is 1.96 bits per heavy atom. The summed E-state index contributed by atoms with van der Waals surface area (Å²) in [7, 11) is 0. The summed E-state index contributed by atoms with van der Waals surface area (Å²) in [5.41, 5.74) is 0.940. The third kappa shape index (κ3) is 3.45. The summed E-state index contributed by atoms with van der Waals surface area (Å²) in [6.45, 7) is 7.54. The number of Topliss-reactive ketones (excluding diaryl/α,β-unsaturated/α-hetero) is 1. The second kappa shape index (κ2) is 7.76. The molecule has 0 unspecified atom stereocenters. The first-order valence-corrected chi connectivity index (χ1v) is 12.0. The Balaban J connectivity index is 1.53. The van der Waals surface area contributed by atoms with Crippen LogP contribution in [0.15, 0.2) is 0 Å². The van der Waals surface area contributed by atoms with Crippen molar-refractivity contribution in [2.24, 2.45) is 40.4 Å². The number of ether oxygens (including phenoxy) is 1. The largest absolute Gasteiger partial charge is 0.466 e. The lowest BCUT2D eigenvalue weighted by molar-refractivity contribution is -0.151. The minimum Gasteiger partial charge on any atom is -0.466 e. The average Bonchev–Trinajstić information content (AvgIpc) is 3.07. The maximum atomic E-state index is 12.3. The first-order valence-electron chi connectivity index (χ1n) is 12.0. The van der Waals surface area contributed by atoms with E-state index in [0.717, 1.165) is 49.4 Å². The molecule has 4 rings (SSSR count). The van der Waals surface area contributed by atoms with Gasteiger partial charge >= 0.3 is 5.97 Å². The SMILES string of the molecule is CCC(=O)OCCC[C@@H]1C[C@H]2CC(=O)CC[C@]2(C)[C@H]2CC[C@]3(C)CCC[C@H]3[C@H]12. The molecule has 0 saturated heterocycles. The van der Waals surface area contributed by atoms with E-state index >= 15 is 0 Å². The van der Waals surface area contributed by atoms with Crippen LogP contribution in [0.5, 0.6) is 0 Å². The molecular weight excluding hydrogens is 348 g/mol. The molecule has 0 radical (unpaired) electrons. The van der Waals surface area contributed by atoms with Gasteiger partial charge in [0.25, 0.3) is 0 Å². The summed E-state index contributed by atoms with van der Waals surface area (Å²) >= 11 is 0. The van der Waals surface area contributed by atoms with Crippen LogP contribution in [0.3, 0.4) is 0 Å². The summed E-state index contributed by atoms with van der Waals surface area (Å²) in [6, 6.07) is 0. The summed E-state index contributed by atoms with van der Waals surface area (Å²) in [4.78, 5) is 23.8. The lowest BCUT2D eigenvalue weighted by Gasteiger charge is -2.62. The molecule has 4 aliphatic rings. The van der Waals surface area contributed by atoms with E-state index < -0.39 is 0 Å². The molecule has 0 spiro atoms. The van der Waals surface area contributed by atoms with E-state index in [1.54, 1.807) is 0 Å². The molecule has 7 atom stereocenters. The van der Waals surface area contributed by atoms with Gasteiger partial charge in [-0.05, 0) is 91.8 Å². The van der Waals surface area contributed by atoms with Gasteiger partial charge in [-0.1, -0.05) is 27.2 Å². The molecule has 0 aliphatic heterocycles. The van der Waals surface area contributed by atoms with Crippen LogP contribution < -0.4 is 0 Å². The van der Waals surface area contributed by atoms with E-state index in [1.165, 1.54) is 44.9 Å². The van der Waals surface area contributed by atoms with Gasteiger partial charge in [-0.3, -0.25) is 9.59 Å². The van der Waals surface area contributed by atoms with E-state index in [2.05, 4.69) is 13.8 Å². The lowest BCUT2D eigenvalue weighted by atomic mass is 9.42. The van der Waals surface area contributed by atoms with Crippen molar-refractivity contribution in [1.29, 1.82) is 0 Å². The average molecular weight is 389 g/mol. The molecule has 4 aliphatic carbocycles. The molecule has 28 heavy (non-hydrogen) atoms. The van der Waals surface area contributed by atoms with Crippen LogP contribution in [-0.2, 0) is 14.3 Å². The van der Waals surface area contributed by atoms with Gasteiger partial charge < -0.3 is 4.74 Å². The Bertz CT molecular complexity index is 613. The van der Waals surface area contributed by atoms with Gasteiger partial charge in [0.05, 0.1) is 6.61 Å². The predicted octanol–water partition coefficient (Wildman–Crippen LogP) is 5.95. The minimum absolute atomic E-state index is 0.0759. The number of fused-ring (bicyclic) bond motifs is 5. The second-order valence-electron chi connectivity index (χ2n) is 11.0. The highest BCUT2D eigenvalue weighted by atomic mass is 16.5. The molecule has 0 heterocycles. The second-order valence-corrected chi connectivity index (χ2v) is 11.0. The molecular formula is C25H40O3. The molecule has 0 aromatic carbocycles. The molecule has 0 aromatic rings. The molecule has 0 amide bonds. The van der Waals surface area contributed by atoms with Crippen LogP contribution in [0.1, 0.15) is 97.8 Å². The van der Waals surface area contributed by atoms with Crippen LogP contribution >= 0.6 is 0 Å². The van der Waals surface area contributed by atoms with Crippen molar-refractivity contribution in [2.45, 2.75) is 97.8 Å². The fraction of sp³-hybridized carbons (Fsp3) is 0.920. The number of rotatable bonds is 5. The normalized spacial score (nSPS) is 45.1. The number of esters is 1. The van der Waals surface area contributed by atoms with Gasteiger partial charge in [0.1, 0.15) is 5.78 Å². The van der Waals surface area contributed by atoms with E-state index in [1.807, 2.05) is 6.92 Å². The fourth-order valence-corrected chi connectivity index (χ4v) is 8.14. The number of ketones is 1. The van der Waals surface area contributed by atoms with Crippen molar-refractivity contribution in [2.75, 3.05) is 6.61 Å². The summed E-state index contributed by atoms with van der Waals surface area (Å²) < 4.78 is 5.38. The summed E-state index contributed by atoms with van der Waals surface area (Å²) in [5.74, 6) is 4.24. The molecule has 4 fully saturated rings. The molecule has 3 nitrogen and oxygen atoms in total. The van der Waals surface area contributed by atoms with E-state index in [-0.39, 0.29) is 5.97 Å². The third-order valence-corrected chi connectivity index (χ3v) is 9.71. The smallest absolute Gasteiger partial charge is 0.305 e. The number of carbonyl (C=O) groups excluding carboxylic acids is 2. The van der Waals surface area contributed by atoms with Crippen LogP contribution in [-0.4, -0.2) is 18.4 Å². The van der Waals surface area contributed by atoms with Crippen molar-refractivity contribution in [3.8, 4) is 0 Å². The third-order valence-electron chi connectivity index (χ3n) is 9.71. The van der Waals surface area contributed by atoms with Crippen molar-refractivity contribution >= 4 is 11.8 Å². The first-order chi connectivity index (χ1) is 13.4. The van der Waals surface area contributed by atoms with Crippen molar-refractivity contribution in [3.63, 3.8) is 0 Å². The Morgan fingerprint density at radius 1 is 1.14 bits per heavy atom. The molecule has 0 N–H and O–H groups in total. The van der Waals surface area contributed by atoms with Crippen LogP contribution in [0.2, 0.25) is 0 Å². The summed E-state index contributed by atoms with van der Waals surface area (Å²) in [5, 5.41) is 0. The Labute approximate surface area is 171 Å². The van der Waals surface area contributed by atoms with Gasteiger partial charge in [0.15, 0.2) is 0 Å². The summed E-state index contributed by atoms with van der Waals surface area (Å²) in [6.07, 6.45) is 13.6. The highest BCUT2D eigenvalue weighted by Gasteiger charge is 2.60. The highest BCUT2D eigenvalue weighted by molar-refractivity contribution is 5.79. The van der Waals surface area contributed by atoms with Crippen LogP contribution in [0.4, 0.5) is 0 Å². The van der Waals surface area contributed by atoms with Gasteiger partial charge in [0.2, 0.25) is 0 Å². The Hall–Kier alpha value is -0.860. The lowest BCUT2D eigenvalue weighted by Crippen LogP contribution is -2.55. The zero-order chi connectivity index (χ0) is 19.9. The number of carbonyl (C=O) groups is 2. The number of hydrogen-bond donors (Lipinski definition) is 0. The van der Waals surface area contributed by atoms with Crippen molar-refractivity contribution < 1.29 is 14.3 Å². The van der Waals surface area contributed by atoms with E-state index in [0.29, 0.717) is 35.6 Å². The Morgan fingerprint density at radius 3 is 2.75 bits per heavy atom. The standard InChI is InChI=1S/C25H40O3/c1-4-22(27)28-14-6-7-17-15-18-16-19(26)9-13-25(18,3)21-10-12-24(2)11-5-8-20(24)23(17)21/h17-18,20-21,23H,4-16H2,1-3H3/t17-,18+,20+,21+,23+,24+,25+/m1/s1. The predicted molar refractivity (Wildman–Crippen MR) is 111 cm³/mol.